The van der Waals surface area contributed by atoms with Crippen molar-refractivity contribution in [3.8, 4) is 5.88 Å². The van der Waals surface area contributed by atoms with Gasteiger partial charge >= 0.3 is 12.1 Å². The number of ether oxygens (including phenoxy) is 1. The molecule has 1 aromatic heterocycles. The fourth-order valence-electron chi connectivity index (χ4n) is 1.09. The van der Waals surface area contributed by atoms with Gasteiger partial charge in [0.05, 0.1) is 0 Å². The molecule has 2 nitrogen and oxygen atoms in total. The van der Waals surface area contributed by atoms with Crippen LogP contribution in [0.25, 0.3) is 0 Å². The molecule has 0 unspecified atom stereocenters. The third kappa shape index (κ3) is 3.28. The Balaban J connectivity index is 2.74. The summed E-state index contributed by atoms with van der Waals surface area (Å²) in [7, 11) is 0. The molecule has 0 fully saturated rings. The Morgan fingerprint density at radius 2 is 1.76 bits per heavy atom. The molecule has 96 valence electrons. The van der Waals surface area contributed by atoms with Crippen molar-refractivity contribution < 1.29 is 26.7 Å². The lowest BCUT2D eigenvalue weighted by Crippen LogP contribution is -2.41. The maximum atomic E-state index is 12.5. The van der Waals surface area contributed by atoms with Crippen LogP contribution in [-0.2, 0) is 0 Å². The summed E-state index contributed by atoms with van der Waals surface area (Å²) in [5, 5.41) is 0. The summed E-state index contributed by atoms with van der Waals surface area (Å²) in [6.45, 7) is 1.46. The number of aromatic nitrogens is 1. The highest BCUT2D eigenvalue weighted by molar-refractivity contribution is 5.27. The van der Waals surface area contributed by atoms with Gasteiger partial charge in [0.25, 0.3) is 0 Å². The van der Waals surface area contributed by atoms with Crippen LogP contribution in [0.15, 0.2) is 12.3 Å². The van der Waals surface area contributed by atoms with Gasteiger partial charge < -0.3 is 4.74 Å². The third-order valence-corrected chi connectivity index (χ3v) is 1.97. The van der Waals surface area contributed by atoms with Gasteiger partial charge in [0.1, 0.15) is 0 Å². The van der Waals surface area contributed by atoms with Crippen molar-refractivity contribution in [3.63, 3.8) is 0 Å². The van der Waals surface area contributed by atoms with Crippen LogP contribution in [0.1, 0.15) is 11.1 Å². The fourth-order valence-corrected chi connectivity index (χ4v) is 1.09. The molecule has 0 radical (unpaired) electrons. The highest BCUT2D eigenvalue weighted by atomic mass is 19.4. The van der Waals surface area contributed by atoms with E-state index in [4.69, 9.17) is 0 Å². The Kier molecular flexibility index (Phi) is 3.59. The van der Waals surface area contributed by atoms with E-state index >= 15 is 0 Å². The van der Waals surface area contributed by atoms with Gasteiger partial charge in [-0.1, -0.05) is 0 Å². The number of aryl methyl sites for hydroxylation is 2. The molecule has 1 rings (SSSR count). The highest BCUT2D eigenvalue weighted by Crippen LogP contribution is 2.35. The zero-order chi connectivity index (χ0) is 13.3. The van der Waals surface area contributed by atoms with Gasteiger partial charge in [-0.3, -0.25) is 0 Å². The number of hydrogen-bond donors (Lipinski definition) is 0. The quantitative estimate of drug-likeness (QED) is 0.773. The van der Waals surface area contributed by atoms with Crippen LogP contribution >= 0.6 is 0 Å². The molecule has 0 bridgehead atoms. The molecule has 0 saturated heterocycles. The second-order valence-corrected chi connectivity index (χ2v) is 3.63. The van der Waals surface area contributed by atoms with Crippen LogP contribution in [0.5, 0.6) is 5.88 Å². The molecule has 0 saturated carbocycles. The number of nitrogens with zero attached hydrogens (tertiary/aromatic N) is 1. The molecular weight excluding hydrogens is 245 g/mol. The summed E-state index contributed by atoms with van der Waals surface area (Å²) < 4.78 is 65.1. The van der Waals surface area contributed by atoms with Crippen molar-refractivity contribution in [2.45, 2.75) is 25.9 Å². The first-order valence-corrected chi connectivity index (χ1v) is 4.64. The van der Waals surface area contributed by atoms with Crippen molar-refractivity contribution in [3.05, 3.63) is 23.4 Å². The second kappa shape index (κ2) is 4.46. The lowest BCUT2D eigenvalue weighted by molar-refractivity contribution is -0.290. The molecule has 0 aromatic carbocycles. The summed E-state index contributed by atoms with van der Waals surface area (Å²) in [5.41, 5.74) is 1.17. The van der Waals surface area contributed by atoms with E-state index in [0.29, 0.717) is 5.56 Å². The average Bonchev–Trinajstić information content (AvgIpc) is 2.14. The average molecular weight is 255 g/mol. The molecule has 0 aliphatic heterocycles. The molecule has 1 heterocycles. The van der Waals surface area contributed by atoms with Crippen molar-refractivity contribution in [2.24, 2.45) is 0 Å². The third-order valence-electron chi connectivity index (χ3n) is 1.97. The predicted molar refractivity (Wildman–Crippen MR) is 50.2 cm³/mol. The molecule has 0 amide bonds. The predicted octanol–water partition coefficient (Wildman–Crippen LogP) is 3.27. The Morgan fingerprint density at radius 1 is 1.18 bits per heavy atom. The van der Waals surface area contributed by atoms with E-state index in [1.54, 1.807) is 13.0 Å². The number of rotatable bonds is 3. The van der Waals surface area contributed by atoms with Gasteiger partial charge in [0.2, 0.25) is 5.88 Å². The van der Waals surface area contributed by atoms with Gasteiger partial charge in [-0.05, 0) is 25.5 Å². The summed E-state index contributed by atoms with van der Waals surface area (Å²) >= 11 is 0. The van der Waals surface area contributed by atoms with Gasteiger partial charge in [-0.25, -0.2) is 4.98 Å². The summed E-state index contributed by atoms with van der Waals surface area (Å²) in [4.78, 5) is 3.64. The summed E-state index contributed by atoms with van der Waals surface area (Å²) in [6.07, 6.45) is -4.29. The topological polar surface area (TPSA) is 22.1 Å². The molecule has 0 aliphatic rings. The van der Waals surface area contributed by atoms with Crippen LogP contribution in [0.3, 0.4) is 0 Å². The van der Waals surface area contributed by atoms with Gasteiger partial charge in [-0.15, -0.1) is 0 Å². The largest absolute Gasteiger partial charge is 0.471 e. The van der Waals surface area contributed by atoms with E-state index < -0.39 is 18.7 Å². The number of halogens is 5. The minimum atomic E-state index is -5.62. The highest BCUT2D eigenvalue weighted by Gasteiger charge is 2.58. The number of hydrogen-bond acceptors (Lipinski definition) is 2. The van der Waals surface area contributed by atoms with Crippen LogP contribution in [0.4, 0.5) is 22.0 Å². The van der Waals surface area contributed by atoms with Gasteiger partial charge in [-0.2, -0.15) is 22.0 Å². The molecule has 7 heteroatoms. The van der Waals surface area contributed by atoms with Crippen LogP contribution in [-0.4, -0.2) is 23.7 Å². The molecule has 0 spiro atoms. The first-order valence-electron chi connectivity index (χ1n) is 4.64. The van der Waals surface area contributed by atoms with E-state index in [1.165, 1.54) is 13.1 Å². The van der Waals surface area contributed by atoms with E-state index in [-0.39, 0.29) is 5.88 Å². The minimum Gasteiger partial charge on any atom is -0.471 e. The Bertz CT molecular complexity index is 402. The standard InChI is InChI=1S/C10H10F5NO/c1-6-3-7(2)8(16-4-6)17-5-9(11,12)10(13,14)15/h3-4H,5H2,1-2H3. The number of alkyl halides is 5. The lowest BCUT2D eigenvalue weighted by atomic mass is 10.2. The summed E-state index contributed by atoms with van der Waals surface area (Å²) in [5.74, 6) is -5.11. The van der Waals surface area contributed by atoms with E-state index in [1.807, 2.05) is 0 Å². The smallest absolute Gasteiger partial charge is 0.456 e. The van der Waals surface area contributed by atoms with E-state index in [2.05, 4.69) is 9.72 Å². The van der Waals surface area contributed by atoms with Crippen LogP contribution in [0, 0.1) is 13.8 Å². The zero-order valence-corrected chi connectivity index (χ0v) is 9.11. The Labute approximate surface area is 94.4 Å². The van der Waals surface area contributed by atoms with E-state index in [0.717, 1.165) is 5.56 Å². The second-order valence-electron chi connectivity index (χ2n) is 3.63. The molecule has 0 atom stereocenters. The molecule has 1 aromatic rings. The zero-order valence-electron chi connectivity index (χ0n) is 9.11. The normalized spacial score (nSPS) is 12.6. The Morgan fingerprint density at radius 3 is 2.24 bits per heavy atom. The first-order chi connectivity index (χ1) is 7.63. The van der Waals surface area contributed by atoms with Crippen molar-refractivity contribution in [1.29, 1.82) is 0 Å². The molecule has 0 N–H and O–H groups in total. The molecular formula is C10H10F5NO. The monoisotopic (exact) mass is 255 g/mol. The SMILES string of the molecule is Cc1cnc(OCC(F)(F)C(F)(F)F)c(C)c1. The first kappa shape index (κ1) is 13.7. The Hall–Kier alpha value is -1.40. The maximum Gasteiger partial charge on any atom is 0.456 e. The number of pyridine rings is 1. The van der Waals surface area contributed by atoms with Gasteiger partial charge in [0.15, 0.2) is 6.61 Å². The van der Waals surface area contributed by atoms with Crippen molar-refractivity contribution >= 4 is 0 Å². The van der Waals surface area contributed by atoms with E-state index in [9.17, 15) is 22.0 Å². The van der Waals surface area contributed by atoms with Crippen LogP contribution < -0.4 is 4.74 Å². The minimum absolute atomic E-state index is 0.223. The van der Waals surface area contributed by atoms with Crippen molar-refractivity contribution in [2.75, 3.05) is 6.61 Å². The summed E-state index contributed by atoms with van der Waals surface area (Å²) in [6, 6.07) is 1.58. The van der Waals surface area contributed by atoms with Crippen molar-refractivity contribution in [1.82, 2.24) is 4.98 Å². The maximum absolute atomic E-state index is 12.5. The molecule has 17 heavy (non-hydrogen) atoms. The molecule has 0 aliphatic carbocycles. The lowest BCUT2D eigenvalue weighted by Gasteiger charge is -2.19. The fraction of sp³-hybridized carbons (Fsp3) is 0.500. The van der Waals surface area contributed by atoms with Crippen LogP contribution in [0.2, 0.25) is 0 Å². The van der Waals surface area contributed by atoms with Gasteiger partial charge in [0, 0.05) is 11.8 Å².